The van der Waals surface area contributed by atoms with Crippen LogP contribution in [0.1, 0.15) is 34.1 Å². The zero-order chi connectivity index (χ0) is 19.7. The number of hydrogen-bond donors (Lipinski definition) is 1. The highest BCUT2D eigenvalue weighted by Gasteiger charge is 2.32. The van der Waals surface area contributed by atoms with E-state index in [0.717, 1.165) is 34.3 Å². The van der Waals surface area contributed by atoms with Crippen molar-refractivity contribution in [1.82, 2.24) is 19.9 Å². The van der Waals surface area contributed by atoms with Crippen molar-refractivity contribution in [3.05, 3.63) is 77.1 Å². The molecule has 0 saturated carbocycles. The van der Waals surface area contributed by atoms with Crippen molar-refractivity contribution in [3.63, 3.8) is 0 Å². The number of nitrogens with one attached hydrogen (secondary N) is 1. The molecule has 0 amide bonds. The third-order valence-corrected chi connectivity index (χ3v) is 4.94. The number of pyridine rings is 1. The molecule has 0 fully saturated rings. The van der Waals surface area contributed by atoms with E-state index in [-0.39, 0.29) is 5.92 Å². The number of ether oxygens (including phenoxy) is 1. The molecule has 8 heteroatoms. The van der Waals surface area contributed by atoms with E-state index >= 15 is 0 Å². The highest BCUT2D eigenvalue weighted by atomic mass is 19.4. The third-order valence-electron chi connectivity index (χ3n) is 4.94. The van der Waals surface area contributed by atoms with Gasteiger partial charge < -0.3 is 9.72 Å². The van der Waals surface area contributed by atoms with Gasteiger partial charge in [0.15, 0.2) is 0 Å². The van der Waals surface area contributed by atoms with Gasteiger partial charge in [-0.2, -0.15) is 13.2 Å². The first-order valence-corrected chi connectivity index (χ1v) is 8.84. The molecule has 5 nitrogen and oxygen atoms in total. The van der Waals surface area contributed by atoms with Crippen LogP contribution in [0.15, 0.2) is 48.9 Å². The van der Waals surface area contributed by atoms with Crippen molar-refractivity contribution >= 4 is 0 Å². The van der Waals surface area contributed by atoms with Crippen LogP contribution in [0.25, 0.3) is 0 Å². The van der Waals surface area contributed by atoms with Gasteiger partial charge in [0.1, 0.15) is 11.4 Å². The summed E-state index contributed by atoms with van der Waals surface area (Å²) >= 11 is 0. The molecule has 146 valence electrons. The second-order valence-electron chi connectivity index (χ2n) is 6.81. The number of benzene rings is 1. The molecule has 0 aliphatic carbocycles. The van der Waals surface area contributed by atoms with Crippen LogP contribution in [-0.2, 0) is 19.3 Å². The molecule has 1 N–H and O–H groups in total. The molecule has 2 aromatic heterocycles. The van der Waals surface area contributed by atoms with E-state index in [4.69, 9.17) is 4.74 Å². The van der Waals surface area contributed by atoms with Gasteiger partial charge in [-0.1, -0.05) is 18.2 Å². The van der Waals surface area contributed by atoms with E-state index in [1.165, 1.54) is 12.3 Å². The molecule has 28 heavy (non-hydrogen) atoms. The topological polar surface area (TPSA) is 54.0 Å². The Balaban J connectivity index is 1.55. The van der Waals surface area contributed by atoms with Crippen LogP contribution in [-0.4, -0.2) is 33.5 Å². The molecule has 0 radical (unpaired) electrons. The van der Waals surface area contributed by atoms with Gasteiger partial charge in [0, 0.05) is 31.7 Å². The number of hydrogen-bond acceptors (Lipinski definition) is 4. The van der Waals surface area contributed by atoms with Gasteiger partial charge in [0.05, 0.1) is 24.8 Å². The largest absolute Gasteiger partial charge is 0.497 e. The number of nitrogens with zero attached hydrogens (tertiary/aromatic N) is 3. The number of aromatic nitrogens is 3. The summed E-state index contributed by atoms with van der Waals surface area (Å²) in [5.41, 5.74) is 3.01. The standard InChI is InChI=1S/C20H19F3N4O/c1-28-15-5-3-14(4-6-15)16-10-27(11-17-19(16)26-12-25-17)9-13-2-7-18(24-8-13)20(21,22)23/h2-8,12,16H,9-11H2,1H3,(H,25,26). The van der Waals surface area contributed by atoms with Crippen LogP contribution in [0.2, 0.25) is 0 Å². The normalized spacial score (nSPS) is 17.4. The summed E-state index contributed by atoms with van der Waals surface area (Å²) in [6, 6.07) is 10.4. The van der Waals surface area contributed by atoms with E-state index < -0.39 is 11.9 Å². The molecule has 1 aliphatic rings. The van der Waals surface area contributed by atoms with Crippen LogP contribution < -0.4 is 4.74 Å². The number of rotatable bonds is 4. The zero-order valence-corrected chi connectivity index (χ0v) is 15.2. The Labute approximate surface area is 160 Å². The number of alkyl halides is 3. The first-order chi connectivity index (χ1) is 13.4. The van der Waals surface area contributed by atoms with Crippen LogP contribution in [0, 0.1) is 0 Å². The van der Waals surface area contributed by atoms with E-state index in [1.807, 2.05) is 24.3 Å². The SMILES string of the molecule is COc1ccc(C2CN(Cc3ccc(C(F)(F)F)nc3)Cc3[nH]cnc32)cc1. The summed E-state index contributed by atoms with van der Waals surface area (Å²) < 4.78 is 43.3. The van der Waals surface area contributed by atoms with Crippen LogP contribution in [0.4, 0.5) is 13.2 Å². The first kappa shape index (κ1) is 18.5. The Bertz CT molecular complexity index is 935. The Morgan fingerprint density at radius 1 is 1.14 bits per heavy atom. The lowest BCUT2D eigenvalue weighted by Gasteiger charge is -2.32. The number of halogens is 3. The van der Waals surface area contributed by atoms with Gasteiger partial charge in [-0.25, -0.2) is 4.98 Å². The van der Waals surface area contributed by atoms with Crippen molar-refractivity contribution < 1.29 is 17.9 Å². The summed E-state index contributed by atoms with van der Waals surface area (Å²) in [6.07, 6.45) is -1.44. The molecule has 1 atom stereocenters. The Morgan fingerprint density at radius 2 is 1.93 bits per heavy atom. The van der Waals surface area contributed by atoms with E-state index in [2.05, 4.69) is 19.9 Å². The van der Waals surface area contributed by atoms with Crippen LogP contribution in [0.5, 0.6) is 5.75 Å². The smallest absolute Gasteiger partial charge is 0.433 e. The van der Waals surface area contributed by atoms with Gasteiger partial charge in [-0.15, -0.1) is 0 Å². The van der Waals surface area contributed by atoms with E-state index in [9.17, 15) is 13.2 Å². The lowest BCUT2D eigenvalue weighted by molar-refractivity contribution is -0.141. The number of fused-ring (bicyclic) bond motifs is 1. The van der Waals surface area contributed by atoms with Crippen molar-refractivity contribution in [2.75, 3.05) is 13.7 Å². The summed E-state index contributed by atoms with van der Waals surface area (Å²) in [5.74, 6) is 0.859. The minimum Gasteiger partial charge on any atom is -0.497 e. The number of imidazole rings is 1. The van der Waals surface area contributed by atoms with Gasteiger partial charge in [0.25, 0.3) is 0 Å². The van der Waals surface area contributed by atoms with Gasteiger partial charge >= 0.3 is 6.18 Å². The Kier molecular flexibility index (Phi) is 4.80. The van der Waals surface area contributed by atoms with Crippen LogP contribution >= 0.6 is 0 Å². The first-order valence-electron chi connectivity index (χ1n) is 8.84. The fourth-order valence-corrected chi connectivity index (χ4v) is 3.56. The fraction of sp³-hybridized carbons (Fsp3) is 0.300. The van der Waals surface area contributed by atoms with Gasteiger partial charge in [-0.05, 0) is 29.3 Å². The summed E-state index contributed by atoms with van der Waals surface area (Å²) in [5, 5.41) is 0. The minimum atomic E-state index is -4.42. The quantitative estimate of drug-likeness (QED) is 0.735. The van der Waals surface area contributed by atoms with Crippen LogP contribution in [0.3, 0.4) is 0 Å². The maximum absolute atomic E-state index is 12.7. The Hall–Kier alpha value is -2.87. The maximum atomic E-state index is 12.7. The number of methoxy groups -OCH3 is 1. The second kappa shape index (κ2) is 7.27. The lowest BCUT2D eigenvalue weighted by Crippen LogP contribution is -2.34. The average Bonchev–Trinajstić information content (AvgIpc) is 3.16. The highest BCUT2D eigenvalue weighted by Crippen LogP contribution is 2.33. The summed E-state index contributed by atoms with van der Waals surface area (Å²) in [4.78, 5) is 13.4. The summed E-state index contributed by atoms with van der Waals surface area (Å²) in [6.45, 7) is 1.88. The van der Waals surface area contributed by atoms with Crippen molar-refractivity contribution in [1.29, 1.82) is 0 Å². The molecular weight excluding hydrogens is 369 g/mol. The molecule has 0 bridgehead atoms. The molecule has 3 aromatic rings. The predicted octanol–water partition coefficient (Wildman–Crippen LogP) is 3.98. The molecular formula is C20H19F3N4O. The second-order valence-corrected chi connectivity index (χ2v) is 6.81. The van der Waals surface area contributed by atoms with Gasteiger partial charge in [0.2, 0.25) is 0 Å². The summed E-state index contributed by atoms with van der Waals surface area (Å²) in [7, 11) is 1.63. The molecule has 1 unspecified atom stereocenters. The third kappa shape index (κ3) is 3.73. The molecule has 0 spiro atoms. The zero-order valence-electron chi connectivity index (χ0n) is 15.2. The monoisotopic (exact) mass is 388 g/mol. The van der Waals surface area contributed by atoms with E-state index in [1.54, 1.807) is 13.4 Å². The molecule has 0 saturated heterocycles. The molecule has 1 aliphatic heterocycles. The maximum Gasteiger partial charge on any atom is 0.433 e. The van der Waals surface area contributed by atoms with Crippen molar-refractivity contribution in [2.45, 2.75) is 25.2 Å². The fourth-order valence-electron chi connectivity index (χ4n) is 3.56. The predicted molar refractivity (Wildman–Crippen MR) is 96.8 cm³/mol. The highest BCUT2D eigenvalue weighted by molar-refractivity contribution is 5.37. The van der Waals surface area contributed by atoms with Crippen molar-refractivity contribution in [3.8, 4) is 5.75 Å². The number of aromatic amines is 1. The molecule has 4 rings (SSSR count). The minimum absolute atomic E-state index is 0.0725. The average molecular weight is 388 g/mol. The number of H-pyrrole nitrogens is 1. The lowest BCUT2D eigenvalue weighted by atomic mass is 9.90. The van der Waals surface area contributed by atoms with Gasteiger partial charge in [-0.3, -0.25) is 9.88 Å². The van der Waals surface area contributed by atoms with E-state index in [0.29, 0.717) is 19.6 Å². The molecule has 1 aromatic carbocycles. The molecule has 3 heterocycles. The van der Waals surface area contributed by atoms with Crippen molar-refractivity contribution in [2.24, 2.45) is 0 Å². The Morgan fingerprint density at radius 3 is 2.57 bits per heavy atom.